The van der Waals surface area contributed by atoms with Crippen molar-refractivity contribution in [3.8, 4) is 0 Å². The summed E-state index contributed by atoms with van der Waals surface area (Å²) in [6, 6.07) is 9.31. The fraction of sp³-hybridized carbons (Fsp3) is 0.364. The van der Waals surface area contributed by atoms with Crippen molar-refractivity contribution in [2.45, 2.75) is 30.1 Å². The van der Waals surface area contributed by atoms with Crippen LogP contribution in [0.5, 0.6) is 0 Å². The number of carbonyl (C=O) groups is 2. The first-order valence-corrected chi connectivity index (χ1v) is 11.2. The average molecular weight is 458 g/mol. The van der Waals surface area contributed by atoms with E-state index in [-0.39, 0.29) is 31.2 Å². The van der Waals surface area contributed by atoms with Crippen molar-refractivity contribution >= 4 is 29.3 Å². The Balaban J connectivity index is 1.61. The molecule has 1 N–H and O–H groups in total. The second-order valence-electron chi connectivity index (χ2n) is 7.81. The first kappa shape index (κ1) is 22.1. The van der Waals surface area contributed by atoms with E-state index in [9.17, 15) is 9.59 Å². The number of cyclic esters (lactones) is 1. The first-order valence-electron chi connectivity index (χ1n) is 10.2. The van der Waals surface area contributed by atoms with E-state index in [2.05, 4.69) is 15.4 Å². The Morgan fingerprint density at radius 1 is 1.38 bits per heavy atom. The maximum atomic E-state index is 15.5. The van der Waals surface area contributed by atoms with Crippen LogP contribution in [0, 0.1) is 0 Å². The average Bonchev–Trinajstić information content (AvgIpc) is 3.36. The lowest BCUT2D eigenvalue weighted by Crippen LogP contribution is -2.51. The summed E-state index contributed by atoms with van der Waals surface area (Å²) in [6.45, 7) is 1.86. The molecule has 2 atom stereocenters. The number of ether oxygens (including phenoxy) is 1. The van der Waals surface area contributed by atoms with Crippen LogP contribution in [0.1, 0.15) is 18.9 Å². The van der Waals surface area contributed by atoms with E-state index in [0.717, 1.165) is 5.56 Å². The lowest BCUT2D eigenvalue weighted by molar-refractivity contribution is -0.119. The highest BCUT2D eigenvalue weighted by atomic mass is 32.2. The summed E-state index contributed by atoms with van der Waals surface area (Å²) in [5.74, 6) is -0.130. The highest BCUT2D eigenvalue weighted by molar-refractivity contribution is 7.99. The molecule has 1 unspecified atom stereocenters. The Kier molecular flexibility index (Phi) is 6.31. The number of hydrogen-bond donors (Lipinski definition) is 1. The molecule has 2 heterocycles. The molecule has 0 spiro atoms. The third-order valence-corrected chi connectivity index (χ3v) is 6.78. The summed E-state index contributed by atoms with van der Waals surface area (Å²) in [5, 5.41) is 7.41. The van der Waals surface area contributed by atoms with Crippen LogP contribution < -0.4 is 5.32 Å². The van der Waals surface area contributed by atoms with Gasteiger partial charge in [-0.25, -0.2) is 18.9 Å². The molecule has 0 saturated carbocycles. The zero-order valence-electron chi connectivity index (χ0n) is 17.8. The summed E-state index contributed by atoms with van der Waals surface area (Å²) in [7, 11) is 1.78. The predicted molar refractivity (Wildman–Crippen MR) is 118 cm³/mol. The summed E-state index contributed by atoms with van der Waals surface area (Å²) < 4.78 is 22.6. The Bertz CT molecular complexity index is 1070. The van der Waals surface area contributed by atoms with E-state index < -0.39 is 17.7 Å². The van der Waals surface area contributed by atoms with E-state index in [4.69, 9.17) is 4.74 Å². The third kappa shape index (κ3) is 4.55. The van der Waals surface area contributed by atoms with Crippen LogP contribution in [-0.4, -0.2) is 62.2 Å². The van der Waals surface area contributed by atoms with Gasteiger partial charge in [0.25, 0.3) is 0 Å². The molecule has 1 aromatic heterocycles. The highest BCUT2D eigenvalue weighted by Crippen LogP contribution is 2.41. The van der Waals surface area contributed by atoms with Gasteiger partial charge in [-0.15, -0.1) is 0 Å². The minimum Gasteiger partial charge on any atom is -0.442 e. The fourth-order valence-electron chi connectivity index (χ4n) is 3.84. The van der Waals surface area contributed by atoms with Crippen LogP contribution in [0.25, 0.3) is 5.57 Å². The van der Waals surface area contributed by atoms with E-state index in [0.29, 0.717) is 16.5 Å². The van der Waals surface area contributed by atoms with Crippen molar-refractivity contribution in [2.24, 2.45) is 7.05 Å². The molecule has 0 bridgehead atoms. The van der Waals surface area contributed by atoms with Gasteiger partial charge in [0, 0.05) is 31.7 Å². The van der Waals surface area contributed by atoms with Crippen LogP contribution in [0.3, 0.4) is 0 Å². The Hall–Kier alpha value is -3.14. The number of amides is 2. The molecule has 2 amide bonds. The van der Waals surface area contributed by atoms with Gasteiger partial charge in [-0.3, -0.25) is 9.69 Å². The molecular formula is C22H24FN5O3S. The number of aryl methyl sites for hydroxylation is 1. The summed E-state index contributed by atoms with van der Waals surface area (Å²) in [5.41, 5.74) is 0.344. The molecule has 1 aromatic carbocycles. The standard InChI is InChI=1S/C22H24FN5O3S/c1-15(29)24-11-17-12-28(21(30)31-17)22(13-32-20-25-14-26-27(20)2)9-8-18(19(23)10-22)16-6-4-3-5-7-16/h3-9,14,17H,10-13H2,1-2H3,(H,24,29)/t17-,22?/m0/s1. The third-order valence-electron chi connectivity index (χ3n) is 5.51. The number of nitrogens with one attached hydrogen (secondary N) is 1. The van der Waals surface area contributed by atoms with E-state index in [1.807, 2.05) is 36.4 Å². The van der Waals surface area contributed by atoms with E-state index in [1.54, 1.807) is 22.7 Å². The monoisotopic (exact) mass is 457 g/mol. The lowest BCUT2D eigenvalue weighted by Gasteiger charge is -2.39. The smallest absolute Gasteiger partial charge is 0.411 e. The number of nitrogens with zero attached hydrogens (tertiary/aromatic N) is 4. The van der Waals surface area contributed by atoms with Gasteiger partial charge in [0.05, 0.1) is 18.6 Å². The molecule has 1 fully saturated rings. The van der Waals surface area contributed by atoms with Gasteiger partial charge >= 0.3 is 6.09 Å². The zero-order chi connectivity index (χ0) is 22.7. The fourth-order valence-corrected chi connectivity index (χ4v) is 4.93. The van der Waals surface area contributed by atoms with E-state index >= 15 is 4.39 Å². The van der Waals surface area contributed by atoms with Crippen molar-refractivity contribution in [1.82, 2.24) is 25.0 Å². The second kappa shape index (κ2) is 9.15. The largest absolute Gasteiger partial charge is 0.442 e. The van der Waals surface area contributed by atoms with Crippen LogP contribution in [0.15, 0.2) is 59.8 Å². The number of rotatable bonds is 7. The minimum atomic E-state index is -0.943. The number of allylic oxidation sites excluding steroid dienone is 2. The number of hydrogen-bond acceptors (Lipinski definition) is 6. The molecule has 4 rings (SSSR count). The summed E-state index contributed by atoms with van der Waals surface area (Å²) in [6.07, 6.45) is 4.05. The molecule has 2 aromatic rings. The maximum Gasteiger partial charge on any atom is 0.411 e. The summed E-state index contributed by atoms with van der Waals surface area (Å²) >= 11 is 1.40. The second-order valence-corrected chi connectivity index (χ2v) is 8.75. The maximum absolute atomic E-state index is 15.5. The Morgan fingerprint density at radius 2 is 2.16 bits per heavy atom. The van der Waals surface area contributed by atoms with Crippen LogP contribution >= 0.6 is 11.8 Å². The van der Waals surface area contributed by atoms with Gasteiger partial charge in [-0.05, 0) is 5.56 Å². The predicted octanol–water partition coefficient (Wildman–Crippen LogP) is 2.94. The SMILES string of the molecule is CC(=O)NC[C@H]1CN(C2(CSc3ncnn3C)C=CC(c3ccccc3)=C(F)C2)C(=O)O1. The lowest BCUT2D eigenvalue weighted by atomic mass is 9.85. The van der Waals surface area contributed by atoms with Crippen molar-refractivity contribution in [2.75, 3.05) is 18.8 Å². The molecule has 2 aliphatic rings. The minimum absolute atomic E-state index is 0.0144. The summed E-state index contributed by atoms with van der Waals surface area (Å²) in [4.78, 5) is 29.8. The van der Waals surface area contributed by atoms with Crippen LogP contribution in [0.4, 0.5) is 9.18 Å². The number of aromatic nitrogens is 3. The number of carbonyl (C=O) groups excluding carboxylic acids is 2. The number of thioether (sulfide) groups is 1. The van der Waals surface area contributed by atoms with Gasteiger partial charge in [-0.1, -0.05) is 54.2 Å². The Morgan fingerprint density at radius 3 is 2.81 bits per heavy atom. The molecular weight excluding hydrogens is 433 g/mol. The van der Waals surface area contributed by atoms with Gasteiger partial charge in [0.1, 0.15) is 18.3 Å². The van der Waals surface area contributed by atoms with Crippen LogP contribution in [-0.2, 0) is 16.6 Å². The molecule has 168 valence electrons. The first-order chi connectivity index (χ1) is 15.4. The number of halogens is 1. The molecule has 1 aliphatic heterocycles. The van der Waals surface area contributed by atoms with Gasteiger partial charge in [0.2, 0.25) is 5.91 Å². The van der Waals surface area contributed by atoms with Crippen LogP contribution in [0.2, 0.25) is 0 Å². The normalized spacial score (nSPS) is 22.9. The molecule has 1 aliphatic carbocycles. The van der Waals surface area contributed by atoms with Crippen molar-refractivity contribution < 1.29 is 18.7 Å². The van der Waals surface area contributed by atoms with Crippen molar-refractivity contribution in [3.05, 3.63) is 60.2 Å². The Labute approximate surface area is 189 Å². The van der Waals surface area contributed by atoms with E-state index in [1.165, 1.54) is 25.0 Å². The quantitative estimate of drug-likeness (QED) is 0.643. The van der Waals surface area contributed by atoms with Crippen molar-refractivity contribution in [3.63, 3.8) is 0 Å². The molecule has 32 heavy (non-hydrogen) atoms. The van der Waals surface area contributed by atoms with Crippen molar-refractivity contribution in [1.29, 1.82) is 0 Å². The van der Waals surface area contributed by atoms with Gasteiger partial charge < -0.3 is 10.1 Å². The highest BCUT2D eigenvalue weighted by Gasteiger charge is 2.47. The number of benzene rings is 1. The van der Waals surface area contributed by atoms with Gasteiger partial charge in [-0.2, -0.15) is 5.10 Å². The molecule has 1 saturated heterocycles. The molecule has 0 radical (unpaired) electrons. The topological polar surface area (TPSA) is 89.4 Å². The molecule has 8 nitrogen and oxygen atoms in total. The van der Waals surface area contributed by atoms with Gasteiger partial charge in [0.15, 0.2) is 5.16 Å². The molecule has 10 heteroatoms. The zero-order valence-corrected chi connectivity index (χ0v) is 18.6.